The Labute approximate surface area is 83.6 Å². The fourth-order valence-electron chi connectivity index (χ4n) is 1.42. The number of carbonyl (C=O) groups is 1. The molecule has 1 rings (SSSR count). The van der Waals surface area contributed by atoms with Gasteiger partial charge in [0.25, 0.3) is 0 Å². The Balaban J connectivity index is 2.60. The maximum absolute atomic E-state index is 11.6. The van der Waals surface area contributed by atoms with Gasteiger partial charge in [-0.3, -0.25) is 4.79 Å². The van der Waals surface area contributed by atoms with E-state index in [-0.39, 0.29) is 16.6 Å². The fraction of sp³-hybridized carbons (Fsp3) is 0.889. The molecule has 0 amide bonds. The van der Waals surface area contributed by atoms with Crippen LogP contribution in [-0.2, 0) is 9.53 Å². The average Bonchev–Trinajstić information content (AvgIpc) is 2.18. The Bertz CT molecular complexity index is 188. The number of morpholine rings is 1. The molecule has 0 radical (unpaired) electrons. The van der Waals surface area contributed by atoms with Gasteiger partial charge in [0, 0.05) is 13.1 Å². The molecule has 4 heteroatoms. The number of hydrogen-bond acceptors (Lipinski definition) is 4. The molecule has 0 aromatic heterocycles. The zero-order chi connectivity index (χ0) is 9.90. The van der Waals surface area contributed by atoms with Crippen molar-refractivity contribution in [1.29, 1.82) is 0 Å². The number of rotatable bonds is 2. The molecule has 1 atom stereocenters. The highest BCUT2D eigenvalue weighted by Gasteiger charge is 2.37. The normalized spacial score (nSPS) is 24.4. The molecule has 1 aliphatic heterocycles. The molecule has 0 aromatic rings. The zero-order valence-electron chi connectivity index (χ0n) is 8.42. The van der Waals surface area contributed by atoms with E-state index in [1.807, 2.05) is 20.1 Å². The van der Waals surface area contributed by atoms with Crippen LogP contribution in [0.3, 0.4) is 0 Å². The van der Waals surface area contributed by atoms with Gasteiger partial charge in [-0.25, -0.2) is 0 Å². The summed E-state index contributed by atoms with van der Waals surface area (Å²) in [5, 5.41) is 3.43. The molecular formula is C9H17NO2S. The molecule has 0 aliphatic carbocycles. The number of carbonyl (C=O) groups excluding carboxylic acids is 1. The molecule has 1 saturated heterocycles. The van der Waals surface area contributed by atoms with Crippen LogP contribution in [0.5, 0.6) is 0 Å². The summed E-state index contributed by atoms with van der Waals surface area (Å²) in [7, 11) is 0. The molecule has 0 spiro atoms. The van der Waals surface area contributed by atoms with Crippen molar-refractivity contribution in [2.24, 2.45) is 5.41 Å². The van der Waals surface area contributed by atoms with Crippen molar-refractivity contribution in [3.8, 4) is 0 Å². The third kappa shape index (κ3) is 2.45. The summed E-state index contributed by atoms with van der Waals surface area (Å²) in [6, 6.07) is 0. The summed E-state index contributed by atoms with van der Waals surface area (Å²) in [5.41, 5.74) is -0.382. The van der Waals surface area contributed by atoms with Crippen molar-refractivity contribution in [3.63, 3.8) is 0 Å². The van der Waals surface area contributed by atoms with Crippen molar-refractivity contribution in [3.05, 3.63) is 0 Å². The Morgan fingerprint density at radius 3 is 2.77 bits per heavy atom. The Morgan fingerprint density at radius 2 is 2.31 bits per heavy atom. The molecular weight excluding hydrogens is 186 g/mol. The number of thioether (sulfide) groups is 1. The van der Waals surface area contributed by atoms with Gasteiger partial charge in [-0.2, -0.15) is 0 Å². The van der Waals surface area contributed by atoms with E-state index in [4.69, 9.17) is 4.74 Å². The molecule has 13 heavy (non-hydrogen) atoms. The van der Waals surface area contributed by atoms with Crippen LogP contribution in [0.25, 0.3) is 0 Å². The fourth-order valence-corrected chi connectivity index (χ4v) is 2.08. The highest BCUT2D eigenvalue weighted by molar-refractivity contribution is 8.13. The second kappa shape index (κ2) is 4.44. The number of nitrogens with one attached hydrogen (secondary N) is 1. The molecule has 1 N–H and O–H groups in total. The topological polar surface area (TPSA) is 38.3 Å². The van der Waals surface area contributed by atoms with Crippen LogP contribution in [0, 0.1) is 5.41 Å². The van der Waals surface area contributed by atoms with Crippen LogP contribution >= 0.6 is 11.8 Å². The molecule has 0 aromatic carbocycles. The Hall–Kier alpha value is -0.0600. The van der Waals surface area contributed by atoms with Gasteiger partial charge < -0.3 is 10.1 Å². The van der Waals surface area contributed by atoms with Crippen LogP contribution in [0.2, 0.25) is 0 Å². The van der Waals surface area contributed by atoms with E-state index in [1.54, 1.807) is 0 Å². The predicted octanol–water partition coefficient (Wildman–Crippen LogP) is 0.891. The van der Waals surface area contributed by atoms with Crippen LogP contribution in [0.15, 0.2) is 0 Å². The molecule has 76 valence electrons. The van der Waals surface area contributed by atoms with E-state index in [2.05, 4.69) is 5.32 Å². The first-order chi connectivity index (χ1) is 6.09. The third-order valence-corrected chi connectivity index (χ3v) is 3.34. The summed E-state index contributed by atoms with van der Waals surface area (Å²) in [6.07, 6.45) is 1.83. The van der Waals surface area contributed by atoms with Crippen LogP contribution < -0.4 is 5.32 Å². The lowest BCUT2D eigenvalue weighted by Crippen LogP contribution is -2.49. The molecule has 0 saturated carbocycles. The second-order valence-corrected chi connectivity index (χ2v) is 4.56. The molecule has 3 nitrogen and oxygen atoms in total. The average molecular weight is 203 g/mol. The monoisotopic (exact) mass is 203 g/mol. The van der Waals surface area contributed by atoms with Gasteiger partial charge >= 0.3 is 0 Å². The molecule has 0 bridgehead atoms. The second-order valence-electron chi connectivity index (χ2n) is 3.78. The summed E-state index contributed by atoms with van der Waals surface area (Å²) >= 11 is 1.28. The minimum absolute atomic E-state index is 0.0150. The van der Waals surface area contributed by atoms with E-state index in [9.17, 15) is 4.79 Å². The van der Waals surface area contributed by atoms with Crippen LogP contribution in [0.1, 0.15) is 13.8 Å². The smallest absolute Gasteiger partial charge is 0.196 e. The first kappa shape index (κ1) is 11.0. The Morgan fingerprint density at radius 1 is 1.62 bits per heavy atom. The van der Waals surface area contributed by atoms with Crippen molar-refractivity contribution >= 4 is 16.9 Å². The quantitative estimate of drug-likeness (QED) is 0.723. The third-order valence-electron chi connectivity index (χ3n) is 2.44. The van der Waals surface area contributed by atoms with Crippen molar-refractivity contribution < 1.29 is 9.53 Å². The summed E-state index contributed by atoms with van der Waals surface area (Å²) < 4.78 is 5.57. The lowest BCUT2D eigenvalue weighted by atomic mass is 9.87. The SMILES string of the molecule is CSC(=O)C(C)(C)C1CNCCO1. The van der Waals surface area contributed by atoms with Gasteiger partial charge in [0.05, 0.1) is 18.1 Å². The first-order valence-corrected chi connectivity index (χ1v) is 5.72. The van der Waals surface area contributed by atoms with E-state index in [1.165, 1.54) is 11.8 Å². The van der Waals surface area contributed by atoms with Gasteiger partial charge in [-0.05, 0) is 20.1 Å². The largest absolute Gasteiger partial charge is 0.375 e. The van der Waals surface area contributed by atoms with Crippen molar-refractivity contribution in [2.75, 3.05) is 26.0 Å². The standard InChI is InChI=1S/C9H17NO2S/c1-9(2,8(11)13-3)7-6-10-4-5-12-7/h7,10H,4-6H2,1-3H3. The van der Waals surface area contributed by atoms with Gasteiger partial charge in [0.1, 0.15) is 0 Å². The number of ether oxygens (including phenoxy) is 1. The minimum Gasteiger partial charge on any atom is -0.375 e. The lowest BCUT2D eigenvalue weighted by molar-refractivity contribution is -0.128. The van der Waals surface area contributed by atoms with E-state index >= 15 is 0 Å². The van der Waals surface area contributed by atoms with Crippen LogP contribution in [-0.4, -0.2) is 37.2 Å². The maximum atomic E-state index is 11.6. The minimum atomic E-state index is -0.382. The van der Waals surface area contributed by atoms with E-state index in [0.29, 0.717) is 6.61 Å². The van der Waals surface area contributed by atoms with Gasteiger partial charge in [-0.1, -0.05) is 11.8 Å². The molecule has 1 unspecified atom stereocenters. The maximum Gasteiger partial charge on any atom is 0.196 e. The van der Waals surface area contributed by atoms with Gasteiger partial charge in [0.15, 0.2) is 5.12 Å². The summed E-state index contributed by atoms with van der Waals surface area (Å²) in [6.45, 7) is 6.27. The Kier molecular flexibility index (Phi) is 3.76. The zero-order valence-corrected chi connectivity index (χ0v) is 9.24. The molecule has 1 fully saturated rings. The molecule has 1 aliphatic rings. The predicted molar refractivity (Wildman–Crippen MR) is 54.9 cm³/mol. The summed E-state index contributed by atoms with van der Waals surface area (Å²) in [4.78, 5) is 11.6. The van der Waals surface area contributed by atoms with Crippen molar-refractivity contribution in [2.45, 2.75) is 20.0 Å². The summed E-state index contributed by atoms with van der Waals surface area (Å²) in [5.74, 6) is 0. The lowest BCUT2D eigenvalue weighted by Gasteiger charge is -2.35. The van der Waals surface area contributed by atoms with Gasteiger partial charge in [-0.15, -0.1) is 0 Å². The van der Waals surface area contributed by atoms with E-state index in [0.717, 1.165) is 13.1 Å². The van der Waals surface area contributed by atoms with Gasteiger partial charge in [0.2, 0.25) is 0 Å². The first-order valence-electron chi connectivity index (χ1n) is 4.49. The highest BCUT2D eigenvalue weighted by Crippen LogP contribution is 2.29. The van der Waals surface area contributed by atoms with Crippen LogP contribution in [0.4, 0.5) is 0 Å². The number of hydrogen-bond donors (Lipinski definition) is 1. The highest BCUT2D eigenvalue weighted by atomic mass is 32.2. The molecule has 1 heterocycles. The van der Waals surface area contributed by atoms with Crippen molar-refractivity contribution in [1.82, 2.24) is 5.32 Å². The van der Waals surface area contributed by atoms with E-state index < -0.39 is 0 Å².